The summed E-state index contributed by atoms with van der Waals surface area (Å²) in [5, 5.41) is 13.2. The minimum Gasteiger partial charge on any atom is -0.350 e. The molecule has 0 saturated carbocycles. The van der Waals surface area contributed by atoms with E-state index in [2.05, 4.69) is 10.1 Å². The minimum absolute atomic E-state index is 0.0973. The molecule has 0 bridgehead atoms. The normalized spacial score (nSPS) is 16.7. The Bertz CT molecular complexity index is 776. The summed E-state index contributed by atoms with van der Waals surface area (Å²) in [4.78, 5) is 20.7. The number of aromatic nitrogens is 3. The Labute approximate surface area is 147 Å². The molecule has 0 spiro atoms. The van der Waals surface area contributed by atoms with Crippen molar-refractivity contribution in [2.75, 3.05) is 25.0 Å². The van der Waals surface area contributed by atoms with Crippen LogP contribution in [0.4, 0.5) is 5.82 Å². The van der Waals surface area contributed by atoms with Gasteiger partial charge in [-0.3, -0.25) is 9.48 Å². The maximum absolute atomic E-state index is 12.7. The Hall–Kier alpha value is -2.88. The van der Waals surface area contributed by atoms with Gasteiger partial charge in [0.1, 0.15) is 11.9 Å². The average Bonchev–Trinajstić information content (AvgIpc) is 3.24. The molecular weight excluding hydrogens is 316 g/mol. The van der Waals surface area contributed by atoms with E-state index in [9.17, 15) is 4.79 Å². The van der Waals surface area contributed by atoms with Gasteiger partial charge >= 0.3 is 0 Å². The standard InChI is InChI=1S/C18H22N6O/c1-14-9-21-23(11-14)12-16-4-3-7-24(16)18(25)13-22(2)17-6-5-15(8-19)10-20-17/h5-6,9-11,16H,3-4,7,12-13H2,1-2H3/t16-/m0/s1. The molecule has 2 aromatic heterocycles. The van der Waals surface area contributed by atoms with Crippen molar-refractivity contribution in [3.05, 3.63) is 41.9 Å². The highest BCUT2D eigenvalue weighted by atomic mass is 16.2. The first kappa shape index (κ1) is 17.0. The highest BCUT2D eigenvalue weighted by Gasteiger charge is 2.29. The maximum atomic E-state index is 12.7. The zero-order chi connectivity index (χ0) is 17.8. The van der Waals surface area contributed by atoms with Crippen LogP contribution in [-0.2, 0) is 11.3 Å². The molecule has 1 aliphatic heterocycles. The van der Waals surface area contributed by atoms with Gasteiger partial charge in [0.25, 0.3) is 0 Å². The van der Waals surface area contributed by atoms with Gasteiger partial charge < -0.3 is 9.80 Å². The molecule has 0 N–H and O–H groups in total. The van der Waals surface area contributed by atoms with Crippen LogP contribution in [0.15, 0.2) is 30.7 Å². The molecule has 0 aromatic carbocycles. The Balaban J connectivity index is 1.61. The van der Waals surface area contributed by atoms with Gasteiger partial charge in [0.2, 0.25) is 5.91 Å². The number of anilines is 1. The van der Waals surface area contributed by atoms with Gasteiger partial charge in [0.05, 0.1) is 30.9 Å². The largest absolute Gasteiger partial charge is 0.350 e. The average molecular weight is 338 g/mol. The summed E-state index contributed by atoms with van der Waals surface area (Å²) in [5.74, 6) is 0.783. The van der Waals surface area contributed by atoms with Gasteiger partial charge in [-0.1, -0.05) is 0 Å². The molecule has 3 rings (SSSR count). The van der Waals surface area contributed by atoms with E-state index >= 15 is 0 Å². The van der Waals surface area contributed by atoms with Gasteiger partial charge in [-0.05, 0) is 37.5 Å². The first-order valence-electron chi connectivity index (χ1n) is 8.42. The van der Waals surface area contributed by atoms with Crippen molar-refractivity contribution in [1.29, 1.82) is 5.26 Å². The Morgan fingerprint density at radius 2 is 2.28 bits per heavy atom. The number of carbonyl (C=O) groups is 1. The van der Waals surface area contributed by atoms with Crippen LogP contribution in [0.25, 0.3) is 0 Å². The van der Waals surface area contributed by atoms with Crippen molar-refractivity contribution in [1.82, 2.24) is 19.7 Å². The molecule has 1 fully saturated rings. The summed E-state index contributed by atoms with van der Waals surface area (Å²) in [7, 11) is 1.84. The van der Waals surface area contributed by atoms with Crippen molar-refractivity contribution >= 4 is 11.7 Å². The fourth-order valence-electron chi connectivity index (χ4n) is 3.19. The first-order valence-corrected chi connectivity index (χ1v) is 8.42. The fraction of sp³-hybridized carbons (Fsp3) is 0.444. The second-order valence-corrected chi connectivity index (χ2v) is 6.50. The highest BCUT2D eigenvalue weighted by molar-refractivity contribution is 5.81. The molecule has 7 nitrogen and oxygen atoms in total. The third kappa shape index (κ3) is 3.97. The summed E-state index contributed by atoms with van der Waals surface area (Å²) >= 11 is 0. The van der Waals surface area contributed by atoms with Gasteiger partial charge in [-0.15, -0.1) is 0 Å². The van der Waals surface area contributed by atoms with Gasteiger partial charge in [-0.2, -0.15) is 10.4 Å². The number of pyridine rings is 1. The van der Waals surface area contributed by atoms with E-state index in [4.69, 9.17) is 5.26 Å². The molecule has 3 heterocycles. The van der Waals surface area contributed by atoms with Crippen molar-refractivity contribution in [3.8, 4) is 6.07 Å². The van der Waals surface area contributed by atoms with E-state index in [0.29, 0.717) is 11.4 Å². The molecule has 0 radical (unpaired) electrons. The monoisotopic (exact) mass is 338 g/mol. The lowest BCUT2D eigenvalue weighted by atomic mass is 10.2. The topological polar surface area (TPSA) is 78.0 Å². The molecule has 7 heteroatoms. The summed E-state index contributed by atoms with van der Waals surface area (Å²) in [6.07, 6.45) is 7.40. The number of carbonyl (C=O) groups excluding carboxylic acids is 1. The van der Waals surface area contributed by atoms with Crippen LogP contribution >= 0.6 is 0 Å². The molecule has 0 aliphatic carbocycles. The number of hydrogen-bond acceptors (Lipinski definition) is 5. The predicted octanol–water partition coefficient (Wildman–Crippen LogP) is 1.59. The number of amides is 1. The summed E-state index contributed by atoms with van der Waals surface area (Å²) in [5.41, 5.74) is 1.64. The Morgan fingerprint density at radius 3 is 2.92 bits per heavy atom. The molecule has 1 aliphatic rings. The van der Waals surface area contributed by atoms with Crippen LogP contribution in [0, 0.1) is 18.3 Å². The summed E-state index contributed by atoms with van der Waals surface area (Å²) < 4.78 is 1.91. The SMILES string of the molecule is Cc1cnn(C[C@@H]2CCCN2C(=O)CN(C)c2ccc(C#N)cn2)c1. The molecular formula is C18H22N6O. The van der Waals surface area contributed by atoms with Crippen molar-refractivity contribution in [3.63, 3.8) is 0 Å². The summed E-state index contributed by atoms with van der Waals surface area (Å²) in [6.45, 7) is 3.81. The van der Waals surface area contributed by atoms with Gasteiger partial charge in [-0.25, -0.2) is 4.98 Å². The molecule has 1 atom stereocenters. The van der Waals surface area contributed by atoms with Gasteiger partial charge in [0.15, 0.2) is 0 Å². The third-order valence-electron chi connectivity index (χ3n) is 4.50. The van der Waals surface area contributed by atoms with E-state index in [1.807, 2.05) is 46.9 Å². The molecule has 2 aromatic rings. The van der Waals surface area contributed by atoms with Crippen molar-refractivity contribution in [2.24, 2.45) is 0 Å². The molecule has 0 unspecified atom stereocenters. The maximum Gasteiger partial charge on any atom is 0.242 e. The molecule has 25 heavy (non-hydrogen) atoms. The quantitative estimate of drug-likeness (QED) is 0.827. The second-order valence-electron chi connectivity index (χ2n) is 6.50. The molecule has 1 amide bonds. The first-order chi connectivity index (χ1) is 12.1. The van der Waals surface area contributed by atoms with Crippen LogP contribution in [-0.4, -0.2) is 51.8 Å². The zero-order valence-corrected chi connectivity index (χ0v) is 14.6. The number of aryl methyl sites for hydroxylation is 1. The Morgan fingerprint density at radius 1 is 1.44 bits per heavy atom. The van der Waals surface area contributed by atoms with Crippen molar-refractivity contribution in [2.45, 2.75) is 32.4 Å². The number of rotatable bonds is 5. The number of hydrogen-bond donors (Lipinski definition) is 0. The van der Waals surface area contributed by atoms with Crippen LogP contribution in [0.5, 0.6) is 0 Å². The van der Waals surface area contributed by atoms with E-state index < -0.39 is 0 Å². The van der Waals surface area contributed by atoms with Gasteiger partial charge in [0, 0.05) is 26.0 Å². The number of nitriles is 1. The second kappa shape index (κ2) is 7.34. The van der Waals surface area contributed by atoms with Crippen LogP contribution < -0.4 is 4.90 Å². The highest BCUT2D eigenvalue weighted by Crippen LogP contribution is 2.20. The van der Waals surface area contributed by atoms with Crippen LogP contribution in [0.2, 0.25) is 0 Å². The predicted molar refractivity (Wildman–Crippen MR) is 93.9 cm³/mol. The summed E-state index contributed by atoms with van der Waals surface area (Å²) in [6, 6.07) is 5.71. The van der Waals surface area contributed by atoms with E-state index in [0.717, 1.165) is 31.5 Å². The lowest BCUT2D eigenvalue weighted by molar-refractivity contribution is -0.130. The third-order valence-corrected chi connectivity index (χ3v) is 4.50. The minimum atomic E-state index is 0.0973. The zero-order valence-electron chi connectivity index (χ0n) is 14.6. The fourth-order valence-corrected chi connectivity index (χ4v) is 3.19. The van der Waals surface area contributed by atoms with E-state index in [1.54, 1.807) is 12.1 Å². The number of likely N-dealkylation sites (tertiary alicyclic amines) is 1. The lowest BCUT2D eigenvalue weighted by Gasteiger charge is -2.27. The van der Waals surface area contributed by atoms with E-state index in [-0.39, 0.29) is 18.5 Å². The number of nitrogens with zero attached hydrogens (tertiary/aromatic N) is 6. The lowest BCUT2D eigenvalue weighted by Crippen LogP contribution is -2.43. The van der Waals surface area contributed by atoms with E-state index in [1.165, 1.54) is 6.20 Å². The smallest absolute Gasteiger partial charge is 0.242 e. The van der Waals surface area contributed by atoms with Crippen LogP contribution in [0.3, 0.4) is 0 Å². The van der Waals surface area contributed by atoms with Crippen LogP contribution in [0.1, 0.15) is 24.0 Å². The molecule has 1 saturated heterocycles. The molecule has 130 valence electrons. The Kier molecular flexibility index (Phi) is 4.98. The van der Waals surface area contributed by atoms with Crippen molar-refractivity contribution < 1.29 is 4.79 Å². The number of likely N-dealkylation sites (N-methyl/N-ethyl adjacent to an activating group) is 1.